The average Bonchev–Trinajstić information content (AvgIpc) is 2.81. The first-order valence-electron chi connectivity index (χ1n) is 7.30. The van der Waals surface area contributed by atoms with E-state index in [1.165, 1.54) is 19.3 Å². The van der Waals surface area contributed by atoms with Gasteiger partial charge in [0, 0.05) is 18.6 Å². The summed E-state index contributed by atoms with van der Waals surface area (Å²) in [5, 5.41) is 9.96. The van der Waals surface area contributed by atoms with Crippen molar-refractivity contribution in [2.75, 3.05) is 14.2 Å². The van der Waals surface area contributed by atoms with Crippen molar-refractivity contribution in [1.29, 1.82) is 0 Å². The SMILES string of the molecule is CCC1CCC(C)N1Cc1cc(OC)c(O)c(OC)c1. The topological polar surface area (TPSA) is 41.9 Å². The minimum Gasteiger partial charge on any atom is -0.502 e. The second-order valence-corrected chi connectivity index (χ2v) is 5.51. The molecule has 0 aromatic heterocycles. The molecule has 0 bridgehead atoms. The van der Waals surface area contributed by atoms with Crippen molar-refractivity contribution in [2.24, 2.45) is 0 Å². The number of rotatable bonds is 5. The van der Waals surface area contributed by atoms with Crippen molar-refractivity contribution in [3.63, 3.8) is 0 Å². The molecule has 2 rings (SSSR count). The van der Waals surface area contributed by atoms with Crippen LogP contribution in [0.25, 0.3) is 0 Å². The first-order chi connectivity index (χ1) is 9.60. The Morgan fingerprint density at radius 2 is 1.80 bits per heavy atom. The van der Waals surface area contributed by atoms with Crippen LogP contribution in [0.4, 0.5) is 0 Å². The Labute approximate surface area is 121 Å². The van der Waals surface area contributed by atoms with Gasteiger partial charge in [-0.25, -0.2) is 0 Å². The molecular weight excluding hydrogens is 254 g/mol. The number of phenols is 1. The summed E-state index contributed by atoms with van der Waals surface area (Å²) in [6.45, 7) is 5.39. The van der Waals surface area contributed by atoms with E-state index >= 15 is 0 Å². The van der Waals surface area contributed by atoms with Crippen molar-refractivity contribution in [3.05, 3.63) is 17.7 Å². The van der Waals surface area contributed by atoms with E-state index < -0.39 is 0 Å². The Bertz CT molecular complexity index is 436. The van der Waals surface area contributed by atoms with Crippen LogP contribution in [-0.2, 0) is 6.54 Å². The first-order valence-corrected chi connectivity index (χ1v) is 7.30. The molecule has 4 heteroatoms. The third-order valence-electron chi connectivity index (χ3n) is 4.33. The van der Waals surface area contributed by atoms with E-state index in [0.29, 0.717) is 23.6 Å². The zero-order valence-electron chi connectivity index (χ0n) is 12.8. The Hall–Kier alpha value is -1.42. The number of benzene rings is 1. The summed E-state index contributed by atoms with van der Waals surface area (Å²) in [7, 11) is 3.12. The predicted molar refractivity (Wildman–Crippen MR) is 79.5 cm³/mol. The summed E-state index contributed by atoms with van der Waals surface area (Å²) >= 11 is 0. The molecule has 0 radical (unpaired) electrons. The van der Waals surface area contributed by atoms with Crippen LogP contribution in [0.3, 0.4) is 0 Å². The monoisotopic (exact) mass is 279 g/mol. The molecule has 1 aromatic carbocycles. The van der Waals surface area contributed by atoms with Gasteiger partial charge in [-0.2, -0.15) is 0 Å². The van der Waals surface area contributed by atoms with E-state index in [1.807, 2.05) is 12.1 Å². The molecule has 112 valence electrons. The molecule has 2 unspecified atom stereocenters. The fourth-order valence-electron chi connectivity index (χ4n) is 3.10. The van der Waals surface area contributed by atoms with Crippen molar-refractivity contribution >= 4 is 0 Å². The van der Waals surface area contributed by atoms with Crippen LogP contribution in [0.1, 0.15) is 38.7 Å². The summed E-state index contributed by atoms with van der Waals surface area (Å²) in [4.78, 5) is 2.53. The average molecular weight is 279 g/mol. The van der Waals surface area contributed by atoms with Crippen molar-refractivity contribution in [2.45, 2.75) is 51.7 Å². The molecule has 1 aliphatic heterocycles. The highest BCUT2D eigenvalue weighted by molar-refractivity contribution is 5.52. The highest BCUT2D eigenvalue weighted by Gasteiger charge is 2.29. The van der Waals surface area contributed by atoms with E-state index in [1.54, 1.807) is 14.2 Å². The van der Waals surface area contributed by atoms with E-state index in [0.717, 1.165) is 12.1 Å². The maximum absolute atomic E-state index is 9.96. The molecule has 0 amide bonds. The van der Waals surface area contributed by atoms with Gasteiger partial charge < -0.3 is 14.6 Å². The Balaban J connectivity index is 2.24. The lowest BCUT2D eigenvalue weighted by Crippen LogP contribution is -2.33. The lowest BCUT2D eigenvalue weighted by Gasteiger charge is -2.28. The van der Waals surface area contributed by atoms with Gasteiger partial charge in [-0.15, -0.1) is 0 Å². The first kappa shape index (κ1) is 15.0. The van der Waals surface area contributed by atoms with Gasteiger partial charge in [0.15, 0.2) is 11.5 Å². The fraction of sp³-hybridized carbons (Fsp3) is 0.625. The number of nitrogens with zero attached hydrogens (tertiary/aromatic N) is 1. The van der Waals surface area contributed by atoms with Gasteiger partial charge in [-0.1, -0.05) is 6.92 Å². The standard InChI is InChI=1S/C16H25NO3/c1-5-13-7-6-11(2)17(13)10-12-8-14(19-3)16(18)15(9-12)20-4/h8-9,11,13,18H,5-7,10H2,1-4H3. The minimum atomic E-state index is 0.0697. The quantitative estimate of drug-likeness (QED) is 0.899. The van der Waals surface area contributed by atoms with Crippen LogP contribution in [0.5, 0.6) is 17.2 Å². The summed E-state index contributed by atoms with van der Waals surface area (Å²) in [5.74, 6) is 1.01. The van der Waals surface area contributed by atoms with Crippen LogP contribution in [0, 0.1) is 0 Å². The normalized spacial score (nSPS) is 23.0. The minimum absolute atomic E-state index is 0.0697. The van der Waals surface area contributed by atoms with Gasteiger partial charge in [0.05, 0.1) is 14.2 Å². The molecule has 1 aromatic rings. The Kier molecular flexibility index (Phi) is 4.76. The van der Waals surface area contributed by atoms with Gasteiger partial charge >= 0.3 is 0 Å². The van der Waals surface area contributed by atoms with E-state index in [4.69, 9.17) is 9.47 Å². The molecule has 4 nitrogen and oxygen atoms in total. The van der Waals surface area contributed by atoms with Crippen LogP contribution < -0.4 is 9.47 Å². The smallest absolute Gasteiger partial charge is 0.200 e. The van der Waals surface area contributed by atoms with Crippen LogP contribution in [-0.4, -0.2) is 36.3 Å². The Morgan fingerprint density at radius 3 is 2.30 bits per heavy atom. The van der Waals surface area contributed by atoms with Gasteiger partial charge in [0.1, 0.15) is 0 Å². The van der Waals surface area contributed by atoms with Crippen LogP contribution in [0.2, 0.25) is 0 Å². The maximum atomic E-state index is 9.96. The highest BCUT2D eigenvalue weighted by Crippen LogP contribution is 2.38. The third kappa shape index (κ3) is 2.85. The fourth-order valence-corrected chi connectivity index (χ4v) is 3.10. The van der Waals surface area contributed by atoms with E-state index in [2.05, 4.69) is 18.7 Å². The molecule has 1 aliphatic rings. The largest absolute Gasteiger partial charge is 0.502 e. The number of aromatic hydroxyl groups is 1. The van der Waals surface area contributed by atoms with Crippen molar-refractivity contribution in [1.82, 2.24) is 4.90 Å². The molecular formula is C16H25NO3. The molecule has 0 spiro atoms. The van der Waals surface area contributed by atoms with Crippen LogP contribution in [0.15, 0.2) is 12.1 Å². The predicted octanol–water partition coefficient (Wildman–Crippen LogP) is 3.17. The molecule has 1 fully saturated rings. The van der Waals surface area contributed by atoms with Gasteiger partial charge in [-0.3, -0.25) is 4.90 Å². The molecule has 20 heavy (non-hydrogen) atoms. The summed E-state index contributed by atoms with van der Waals surface area (Å²) < 4.78 is 10.4. The van der Waals surface area contributed by atoms with Crippen molar-refractivity contribution < 1.29 is 14.6 Å². The Morgan fingerprint density at radius 1 is 1.20 bits per heavy atom. The van der Waals surface area contributed by atoms with Gasteiger partial charge in [0.25, 0.3) is 0 Å². The lowest BCUT2D eigenvalue weighted by molar-refractivity contribution is 0.189. The number of methoxy groups -OCH3 is 2. The number of likely N-dealkylation sites (tertiary alicyclic amines) is 1. The van der Waals surface area contributed by atoms with Gasteiger partial charge in [-0.05, 0) is 43.9 Å². The number of ether oxygens (including phenoxy) is 2. The summed E-state index contributed by atoms with van der Waals surface area (Å²) in [6.07, 6.45) is 3.70. The zero-order valence-corrected chi connectivity index (χ0v) is 12.8. The molecule has 1 saturated heterocycles. The number of phenolic OH excluding ortho intramolecular Hbond substituents is 1. The number of hydrogen-bond acceptors (Lipinski definition) is 4. The van der Waals surface area contributed by atoms with E-state index in [9.17, 15) is 5.11 Å². The van der Waals surface area contributed by atoms with E-state index in [-0.39, 0.29) is 5.75 Å². The number of hydrogen-bond donors (Lipinski definition) is 1. The second kappa shape index (κ2) is 6.35. The molecule has 1 N–H and O–H groups in total. The second-order valence-electron chi connectivity index (χ2n) is 5.51. The highest BCUT2D eigenvalue weighted by atomic mass is 16.5. The van der Waals surface area contributed by atoms with Gasteiger partial charge in [0.2, 0.25) is 5.75 Å². The maximum Gasteiger partial charge on any atom is 0.200 e. The lowest BCUT2D eigenvalue weighted by atomic mass is 10.1. The molecule has 0 saturated carbocycles. The summed E-state index contributed by atoms with van der Waals surface area (Å²) in [6, 6.07) is 5.05. The molecule has 0 aliphatic carbocycles. The third-order valence-corrected chi connectivity index (χ3v) is 4.33. The van der Waals surface area contributed by atoms with Crippen molar-refractivity contribution in [3.8, 4) is 17.2 Å². The zero-order chi connectivity index (χ0) is 14.7. The van der Waals surface area contributed by atoms with Crippen LogP contribution >= 0.6 is 0 Å². The molecule has 2 atom stereocenters. The summed E-state index contributed by atoms with van der Waals surface area (Å²) in [5.41, 5.74) is 1.11. The molecule has 1 heterocycles.